The molecule has 0 fully saturated rings. The lowest BCUT2D eigenvalue weighted by Gasteiger charge is -2.45. The van der Waals surface area contributed by atoms with Crippen LogP contribution in [0.5, 0.6) is 5.75 Å². The molecule has 1 spiro atoms. The van der Waals surface area contributed by atoms with Crippen LogP contribution in [0.25, 0.3) is 16.8 Å². The number of carbonyl (C=O) groups is 1. The van der Waals surface area contributed by atoms with Gasteiger partial charge in [-0.2, -0.15) is 0 Å². The largest absolute Gasteiger partial charge is 0.493 e. The fraction of sp³-hybridized carbons (Fsp3) is 0.125. The summed E-state index contributed by atoms with van der Waals surface area (Å²) in [6.45, 7) is 4.48. The summed E-state index contributed by atoms with van der Waals surface area (Å²) in [7, 11) is 0. The number of hydrogen-bond donors (Lipinski definition) is 0. The average molecular weight is 496 g/mol. The SMILES string of the molecule is C=CC1COc2ccc3cc(Br)ccc3c2C12C(=O)C=Cc1cc(Br)ccc12. The van der Waals surface area contributed by atoms with Gasteiger partial charge in [0.05, 0.1) is 12.0 Å². The van der Waals surface area contributed by atoms with Crippen molar-refractivity contribution in [2.24, 2.45) is 5.92 Å². The standard InChI is InChI=1S/C24H16Br2O2/c1-2-16-13-28-21-9-3-14-11-17(25)5-7-19(14)23(21)24(16)20-8-6-18(26)12-15(20)4-10-22(24)27/h2-12,16H,1,13H2. The molecule has 0 radical (unpaired) electrons. The van der Waals surface area contributed by atoms with Gasteiger partial charge >= 0.3 is 0 Å². The highest BCUT2D eigenvalue weighted by molar-refractivity contribution is 9.10. The molecule has 2 aliphatic rings. The Kier molecular flexibility index (Phi) is 4.11. The number of hydrogen-bond acceptors (Lipinski definition) is 2. The predicted molar refractivity (Wildman–Crippen MR) is 120 cm³/mol. The highest BCUT2D eigenvalue weighted by Gasteiger charge is 2.53. The smallest absolute Gasteiger partial charge is 0.171 e. The van der Waals surface area contributed by atoms with Gasteiger partial charge in [-0.3, -0.25) is 4.79 Å². The fourth-order valence-corrected chi connectivity index (χ4v) is 5.40. The number of rotatable bonds is 1. The Balaban J connectivity index is 1.96. The molecule has 3 aromatic carbocycles. The molecule has 0 saturated carbocycles. The number of ether oxygens (including phenoxy) is 1. The molecular weight excluding hydrogens is 480 g/mol. The zero-order chi connectivity index (χ0) is 19.5. The topological polar surface area (TPSA) is 26.3 Å². The van der Waals surface area contributed by atoms with Crippen LogP contribution in [0.4, 0.5) is 0 Å². The van der Waals surface area contributed by atoms with E-state index < -0.39 is 5.41 Å². The minimum absolute atomic E-state index is 0.0761. The summed E-state index contributed by atoms with van der Waals surface area (Å²) in [5, 5.41) is 2.10. The summed E-state index contributed by atoms with van der Waals surface area (Å²) in [5.41, 5.74) is 2.15. The van der Waals surface area contributed by atoms with Crippen molar-refractivity contribution in [2.75, 3.05) is 6.61 Å². The zero-order valence-corrected chi connectivity index (χ0v) is 18.1. The second kappa shape index (κ2) is 6.43. The maximum Gasteiger partial charge on any atom is 0.171 e. The maximum atomic E-state index is 13.7. The summed E-state index contributed by atoms with van der Waals surface area (Å²) in [5.74, 6) is 0.684. The monoisotopic (exact) mass is 494 g/mol. The number of carbonyl (C=O) groups excluding carboxylic acids is 1. The Hall–Kier alpha value is -2.17. The van der Waals surface area contributed by atoms with Crippen LogP contribution in [-0.4, -0.2) is 12.4 Å². The molecule has 0 saturated heterocycles. The third-order valence-corrected chi connectivity index (χ3v) is 6.82. The van der Waals surface area contributed by atoms with Crippen LogP contribution in [0.3, 0.4) is 0 Å². The lowest BCUT2D eigenvalue weighted by atomic mass is 9.58. The normalized spacial score (nSPS) is 22.6. The highest BCUT2D eigenvalue weighted by Crippen LogP contribution is 2.53. The summed E-state index contributed by atoms with van der Waals surface area (Å²) >= 11 is 7.12. The summed E-state index contributed by atoms with van der Waals surface area (Å²) in [4.78, 5) is 13.7. The molecule has 2 nitrogen and oxygen atoms in total. The molecule has 28 heavy (non-hydrogen) atoms. The van der Waals surface area contributed by atoms with Gasteiger partial charge in [0.2, 0.25) is 0 Å². The Morgan fingerprint density at radius 2 is 1.82 bits per heavy atom. The van der Waals surface area contributed by atoms with Crippen molar-refractivity contribution >= 4 is 54.5 Å². The minimum atomic E-state index is -0.840. The number of allylic oxidation sites excluding steroid dienone is 1. The molecule has 0 N–H and O–H groups in total. The van der Waals surface area contributed by atoms with Crippen molar-refractivity contribution in [1.29, 1.82) is 0 Å². The van der Waals surface area contributed by atoms with E-state index in [0.717, 1.165) is 42.2 Å². The minimum Gasteiger partial charge on any atom is -0.493 e. The van der Waals surface area contributed by atoms with E-state index in [-0.39, 0.29) is 11.7 Å². The lowest BCUT2D eigenvalue weighted by Crippen LogP contribution is -2.49. The summed E-state index contributed by atoms with van der Waals surface area (Å²) < 4.78 is 8.11. The molecule has 2 atom stereocenters. The number of benzene rings is 3. The van der Waals surface area contributed by atoms with Crippen molar-refractivity contribution in [3.63, 3.8) is 0 Å². The van der Waals surface area contributed by atoms with Gasteiger partial charge in [0.1, 0.15) is 5.75 Å². The molecule has 0 aromatic heterocycles. The van der Waals surface area contributed by atoms with E-state index in [1.165, 1.54) is 0 Å². The Morgan fingerprint density at radius 1 is 1.04 bits per heavy atom. The van der Waals surface area contributed by atoms with Gasteiger partial charge in [0, 0.05) is 20.4 Å². The molecule has 3 aromatic rings. The molecule has 0 bridgehead atoms. The van der Waals surface area contributed by atoms with Gasteiger partial charge in [-0.15, -0.1) is 6.58 Å². The molecule has 1 heterocycles. The first-order valence-corrected chi connectivity index (χ1v) is 10.6. The number of ketones is 1. The highest BCUT2D eigenvalue weighted by atomic mass is 79.9. The third-order valence-electron chi connectivity index (χ3n) is 5.84. The van der Waals surface area contributed by atoms with E-state index in [9.17, 15) is 4.79 Å². The third kappa shape index (κ3) is 2.34. The van der Waals surface area contributed by atoms with Gasteiger partial charge in [-0.05, 0) is 58.3 Å². The quantitative estimate of drug-likeness (QED) is 0.363. The second-order valence-electron chi connectivity index (χ2n) is 7.19. The molecule has 1 aliphatic carbocycles. The van der Waals surface area contributed by atoms with Crippen molar-refractivity contribution in [1.82, 2.24) is 0 Å². The molecular formula is C24H16Br2O2. The molecule has 2 unspecified atom stereocenters. The van der Waals surface area contributed by atoms with E-state index in [1.807, 2.05) is 36.4 Å². The van der Waals surface area contributed by atoms with Crippen LogP contribution >= 0.6 is 31.9 Å². The van der Waals surface area contributed by atoms with E-state index in [0.29, 0.717) is 6.61 Å². The van der Waals surface area contributed by atoms with Crippen molar-refractivity contribution in [2.45, 2.75) is 5.41 Å². The zero-order valence-electron chi connectivity index (χ0n) is 14.9. The second-order valence-corrected chi connectivity index (χ2v) is 9.03. The first-order chi connectivity index (χ1) is 13.6. The Bertz CT molecular complexity index is 1190. The number of fused-ring (bicyclic) bond motifs is 6. The first kappa shape index (κ1) is 17.9. The van der Waals surface area contributed by atoms with Gasteiger partial charge in [0.25, 0.3) is 0 Å². The average Bonchev–Trinajstić information content (AvgIpc) is 2.70. The van der Waals surface area contributed by atoms with E-state index in [2.05, 4.69) is 62.7 Å². The Labute approximate surface area is 180 Å². The van der Waals surface area contributed by atoms with Gasteiger partial charge < -0.3 is 4.74 Å². The Morgan fingerprint density at radius 3 is 2.64 bits per heavy atom. The van der Waals surface area contributed by atoms with Crippen molar-refractivity contribution in [3.8, 4) is 5.75 Å². The van der Waals surface area contributed by atoms with E-state index in [1.54, 1.807) is 6.08 Å². The lowest BCUT2D eigenvalue weighted by molar-refractivity contribution is -0.120. The van der Waals surface area contributed by atoms with Crippen molar-refractivity contribution in [3.05, 3.63) is 92.9 Å². The van der Waals surface area contributed by atoms with Gasteiger partial charge in [-0.25, -0.2) is 0 Å². The summed E-state index contributed by atoms with van der Waals surface area (Å²) in [6, 6.07) is 16.3. The van der Waals surface area contributed by atoms with E-state index >= 15 is 0 Å². The molecule has 138 valence electrons. The number of halogens is 2. The van der Waals surface area contributed by atoms with Crippen LogP contribution in [0.15, 0.2) is 76.2 Å². The van der Waals surface area contributed by atoms with Gasteiger partial charge in [-0.1, -0.05) is 62.2 Å². The maximum absolute atomic E-state index is 13.7. The van der Waals surface area contributed by atoms with Crippen molar-refractivity contribution < 1.29 is 9.53 Å². The van der Waals surface area contributed by atoms with Crippen LogP contribution in [0.2, 0.25) is 0 Å². The van der Waals surface area contributed by atoms with Crippen LogP contribution < -0.4 is 4.74 Å². The molecule has 1 aliphatic heterocycles. The van der Waals surface area contributed by atoms with Crippen LogP contribution in [0.1, 0.15) is 16.7 Å². The van der Waals surface area contributed by atoms with Crippen LogP contribution in [-0.2, 0) is 10.2 Å². The predicted octanol–water partition coefficient (Wildman–Crippen LogP) is 6.44. The molecule has 0 amide bonds. The van der Waals surface area contributed by atoms with E-state index in [4.69, 9.17) is 4.74 Å². The first-order valence-electron chi connectivity index (χ1n) is 9.06. The molecule has 5 rings (SSSR count). The van der Waals surface area contributed by atoms with Gasteiger partial charge in [0.15, 0.2) is 5.78 Å². The molecule has 4 heteroatoms. The van der Waals surface area contributed by atoms with Crippen LogP contribution in [0, 0.1) is 5.92 Å². The fourth-order valence-electron chi connectivity index (χ4n) is 4.64. The summed E-state index contributed by atoms with van der Waals surface area (Å²) in [6.07, 6.45) is 5.48.